The normalized spacial score (nSPS) is 35.6. The summed E-state index contributed by atoms with van der Waals surface area (Å²) in [6.45, 7) is 3.57. The molecule has 0 aromatic heterocycles. The summed E-state index contributed by atoms with van der Waals surface area (Å²) in [4.78, 5) is 26.9. The second kappa shape index (κ2) is 4.27. The number of fused-ring (bicyclic) bond motifs is 5. The van der Waals surface area contributed by atoms with Crippen LogP contribution in [0.2, 0.25) is 0 Å². The second-order valence-electron chi connectivity index (χ2n) is 6.36. The molecule has 3 heterocycles. The number of aryl methyl sites for hydroxylation is 2. The third kappa shape index (κ3) is 1.50. The van der Waals surface area contributed by atoms with Gasteiger partial charge in [0.1, 0.15) is 5.60 Å². The molecular formula is C17H17NO4. The number of hydrogen-bond acceptors (Lipinski definition) is 4. The molecule has 5 heteroatoms. The molecule has 114 valence electrons. The number of benzene rings is 1. The number of anilines is 1. The smallest absolute Gasteiger partial charge is 0.241 e. The van der Waals surface area contributed by atoms with E-state index in [4.69, 9.17) is 4.74 Å². The van der Waals surface area contributed by atoms with E-state index in [1.807, 2.05) is 32.0 Å². The first-order valence-electron chi connectivity index (χ1n) is 7.41. The molecule has 3 aliphatic rings. The lowest BCUT2D eigenvalue weighted by molar-refractivity contribution is -0.128. The Labute approximate surface area is 128 Å². The molecule has 2 saturated heterocycles. The summed E-state index contributed by atoms with van der Waals surface area (Å²) in [5, 5.41) is 9.68. The molecule has 5 nitrogen and oxygen atoms in total. The molecule has 2 fully saturated rings. The molecule has 0 unspecified atom stereocenters. The van der Waals surface area contributed by atoms with Crippen LogP contribution in [0.1, 0.15) is 11.1 Å². The van der Waals surface area contributed by atoms with Gasteiger partial charge >= 0.3 is 0 Å². The molecule has 0 radical (unpaired) electrons. The highest BCUT2D eigenvalue weighted by Crippen LogP contribution is 2.52. The Balaban J connectivity index is 1.79. The Morgan fingerprint density at radius 3 is 2.73 bits per heavy atom. The number of rotatable bonds is 2. The van der Waals surface area contributed by atoms with Gasteiger partial charge in [0.15, 0.2) is 0 Å². The number of aliphatic hydroxyl groups is 1. The van der Waals surface area contributed by atoms with Crippen molar-refractivity contribution in [1.29, 1.82) is 0 Å². The largest absolute Gasteiger partial charge is 0.393 e. The fourth-order valence-corrected chi connectivity index (χ4v) is 3.98. The van der Waals surface area contributed by atoms with Gasteiger partial charge in [-0.25, -0.2) is 4.90 Å². The first-order chi connectivity index (χ1) is 10.5. The second-order valence-corrected chi connectivity index (χ2v) is 6.36. The highest BCUT2D eigenvalue weighted by atomic mass is 16.5. The predicted octanol–water partition coefficient (Wildman–Crippen LogP) is 1.11. The lowest BCUT2D eigenvalue weighted by Crippen LogP contribution is -2.43. The van der Waals surface area contributed by atoms with E-state index in [0.717, 1.165) is 11.1 Å². The maximum absolute atomic E-state index is 12.9. The van der Waals surface area contributed by atoms with Crippen molar-refractivity contribution >= 4 is 17.5 Å². The SMILES string of the molecule is Cc1ccc(N2C(=O)[C@H]3[C@@H](C2=O)[C@]2(CO)C=C[C@H]3O2)c(C)c1. The van der Waals surface area contributed by atoms with E-state index in [1.54, 1.807) is 12.2 Å². The van der Waals surface area contributed by atoms with Crippen LogP contribution in [-0.2, 0) is 14.3 Å². The standard InChI is InChI=1S/C17H17NO4/c1-9-3-4-11(10(2)7-9)18-15(20)13-12-5-6-17(8-19,22-12)14(13)16(18)21/h3-7,12-14,19H,8H2,1-2H3/t12-,13-,14+,17-/m1/s1. The zero-order valence-electron chi connectivity index (χ0n) is 12.4. The Hall–Kier alpha value is -1.98. The number of hydrogen-bond donors (Lipinski definition) is 1. The van der Waals surface area contributed by atoms with Crippen LogP contribution in [-0.4, -0.2) is 35.2 Å². The number of nitrogens with zero attached hydrogens (tertiary/aromatic N) is 1. The third-order valence-corrected chi connectivity index (χ3v) is 5.00. The number of aliphatic hydroxyl groups excluding tert-OH is 1. The van der Waals surface area contributed by atoms with Crippen molar-refractivity contribution in [1.82, 2.24) is 0 Å². The van der Waals surface area contributed by atoms with Gasteiger partial charge < -0.3 is 9.84 Å². The maximum atomic E-state index is 12.9. The zero-order chi connectivity index (χ0) is 15.6. The summed E-state index contributed by atoms with van der Waals surface area (Å²) in [5.41, 5.74) is 1.57. The van der Waals surface area contributed by atoms with Crippen molar-refractivity contribution < 1.29 is 19.4 Å². The zero-order valence-corrected chi connectivity index (χ0v) is 12.4. The van der Waals surface area contributed by atoms with Crippen LogP contribution in [0.4, 0.5) is 5.69 Å². The molecule has 1 aromatic rings. The van der Waals surface area contributed by atoms with E-state index in [9.17, 15) is 14.7 Å². The Bertz CT molecular complexity index is 725. The van der Waals surface area contributed by atoms with Gasteiger partial charge in [-0.05, 0) is 25.5 Å². The quantitative estimate of drug-likeness (QED) is 0.656. The predicted molar refractivity (Wildman–Crippen MR) is 79.2 cm³/mol. The summed E-state index contributed by atoms with van der Waals surface area (Å²) in [6.07, 6.45) is 3.10. The van der Waals surface area contributed by atoms with Crippen molar-refractivity contribution in [2.45, 2.75) is 25.6 Å². The maximum Gasteiger partial charge on any atom is 0.241 e. The lowest BCUT2D eigenvalue weighted by atomic mass is 9.77. The number of amides is 2. The summed E-state index contributed by atoms with van der Waals surface area (Å²) in [5.74, 6) is -1.65. The Kier molecular flexibility index (Phi) is 2.65. The third-order valence-electron chi connectivity index (χ3n) is 5.00. The van der Waals surface area contributed by atoms with Crippen LogP contribution in [0, 0.1) is 25.7 Å². The molecule has 0 aliphatic carbocycles. The highest BCUT2D eigenvalue weighted by molar-refractivity contribution is 6.23. The molecule has 0 saturated carbocycles. The van der Waals surface area contributed by atoms with Gasteiger partial charge in [0, 0.05) is 0 Å². The van der Waals surface area contributed by atoms with Crippen LogP contribution in [0.25, 0.3) is 0 Å². The number of ether oxygens (including phenoxy) is 1. The molecule has 4 atom stereocenters. The molecule has 2 bridgehead atoms. The molecule has 4 rings (SSSR count). The first-order valence-corrected chi connectivity index (χ1v) is 7.41. The van der Waals surface area contributed by atoms with E-state index < -0.39 is 23.5 Å². The van der Waals surface area contributed by atoms with Gasteiger partial charge in [-0.1, -0.05) is 29.8 Å². The average molecular weight is 299 g/mol. The summed E-state index contributed by atoms with van der Waals surface area (Å²) < 4.78 is 5.72. The first kappa shape index (κ1) is 13.7. The molecule has 2 amide bonds. The van der Waals surface area contributed by atoms with E-state index in [1.165, 1.54) is 4.90 Å². The summed E-state index contributed by atoms with van der Waals surface area (Å²) in [6, 6.07) is 5.65. The molecule has 22 heavy (non-hydrogen) atoms. The van der Waals surface area contributed by atoms with Crippen molar-refractivity contribution in [3.05, 3.63) is 41.5 Å². The van der Waals surface area contributed by atoms with Crippen molar-refractivity contribution in [2.24, 2.45) is 11.8 Å². The van der Waals surface area contributed by atoms with E-state index in [-0.39, 0.29) is 18.4 Å². The van der Waals surface area contributed by atoms with Crippen LogP contribution >= 0.6 is 0 Å². The lowest BCUT2D eigenvalue weighted by Gasteiger charge is -2.26. The molecular weight excluding hydrogens is 282 g/mol. The van der Waals surface area contributed by atoms with Gasteiger partial charge in [-0.3, -0.25) is 9.59 Å². The van der Waals surface area contributed by atoms with E-state index >= 15 is 0 Å². The van der Waals surface area contributed by atoms with Crippen LogP contribution in [0.3, 0.4) is 0 Å². The Morgan fingerprint density at radius 2 is 2.05 bits per heavy atom. The van der Waals surface area contributed by atoms with Crippen LogP contribution < -0.4 is 4.90 Å². The van der Waals surface area contributed by atoms with Gasteiger partial charge in [0.25, 0.3) is 0 Å². The van der Waals surface area contributed by atoms with Crippen LogP contribution in [0.15, 0.2) is 30.4 Å². The fourth-order valence-electron chi connectivity index (χ4n) is 3.98. The number of carbonyl (C=O) groups is 2. The average Bonchev–Trinajstić information content (AvgIpc) is 3.12. The van der Waals surface area contributed by atoms with Crippen molar-refractivity contribution in [2.75, 3.05) is 11.5 Å². The van der Waals surface area contributed by atoms with Gasteiger partial charge in [-0.15, -0.1) is 0 Å². The summed E-state index contributed by atoms with van der Waals surface area (Å²) in [7, 11) is 0. The topological polar surface area (TPSA) is 66.8 Å². The van der Waals surface area contributed by atoms with Gasteiger partial charge in [0.05, 0.1) is 30.2 Å². The highest BCUT2D eigenvalue weighted by Gasteiger charge is 2.67. The monoisotopic (exact) mass is 299 g/mol. The fraction of sp³-hybridized carbons (Fsp3) is 0.412. The number of imide groups is 1. The minimum atomic E-state index is -1.03. The minimum absolute atomic E-state index is 0.230. The van der Waals surface area contributed by atoms with E-state index in [0.29, 0.717) is 5.69 Å². The molecule has 1 aromatic carbocycles. The summed E-state index contributed by atoms with van der Waals surface area (Å²) >= 11 is 0. The van der Waals surface area contributed by atoms with Crippen molar-refractivity contribution in [3.63, 3.8) is 0 Å². The van der Waals surface area contributed by atoms with Gasteiger partial charge in [-0.2, -0.15) is 0 Å². The van der Waals surface area contributed by atoms with E-state index in [2.05, 4.69) is 0 Å². The van der Waals surface area contributed by atoms with Crippen molar-refractivity contribution in [3.8, 4) is 0 Å². The molecule has 3 aliphatic heterocycles. The van der Waals surface area contributed by atoms with Crippen LogP contribution in [0.5, 0.6) is 0 Å². The Morgan fingerprint density at radius 1 is 1.27 bits per heavy atom. The minimum Gasteiger partial charge on any atom is -0.393 e. The molecule has 0 spiro atoms. The van der Waals surface area contributed by atoms with Gasteiger partial charge in [0.2, 0.25) is 11.8 Å². The number of carbonyl (C=O) groups excluding carboxylic acids is 2. The molecule has 1 N–H and O–H groups in total.